The molecular formula is C14H18N2O. The molecule has 1 heterocycles. The van der Waals surface area contributed by atoms with Gasteiger partial charge in [0.05, 0.1) is 6.04 Å². The number of Topliss-reactive ketones (excluding diaryl/α,β-unsaturated/α-hetero) is 1. The van der Waals surface area contributed by atoms with Crippen LogP contribution in [0.3, 0.4) is 0 Å². The van der Waals surface area contributed by atoms with Gasteiger partial charge in [0.25, 0.3) is 0 Å². The molecule has 1 unspecified atom stereocenters. The minimum atomic E-state index is -0.151. The third-order valence-electron chi connectivity index (χ3n) is 3.24. The number of aromatic nitrogens is 1. The molecule has 2 aromatic rings. The molecule has 3 nitrogen and oxygen atoms in total. The molecule has 1 atom stereocenters. The summed E-state index contributed by atoms with van der Waals surface area (Å²) in [4.78, 5) is 12.2. The molecule has 0 bridgehead atoms. The lowest BCUT2D eigenvalue weighted by molar-refractivity contribution is 0.0956. The van der Waals surface area contributed by atoms with Gasteiger partial charge in [-0.05, 0) is 32.5 Å². The summed E-state index contributed by atoms with van der Waals surface area (Å²) in [6.07, 6.45) is 1.92. The van der Waals surface area contributed by atoms with E-state index < -0.39 is 0 Å². The Morgan fingerprint density at radius 3 is 2.76 bits per heavy atom. The average Bonchev–Trinajstić information content (AvgIpc) is 2.64. The molecule has 0 saturated heterocycles. The summed E-state index contributed by atoms with van der Waals surface area (Å²) in [6, 6.07) is 6.03. The van der Waals surface area contributed by atoms with Gasteiger partial charge in [-0.15, -0.1) is 0 Å². The number of benzene rings is 1. The quantitative estimate of drug-likeness (QED) is 0.821. The van der Waals surface area contributed by atoms with Crippen molar-refractivity contribution in [3.05, 3.63) is 35.5 Å². The number of carbonyl (C=O) groups is 1. The van der Waals surface area contributed by atoms with E-state index in [1.165, 1.54) is 5.56 Å². The van der Waals surface area contributed by atoms with Gasteiger partial charge in [-0.1, -0.05) is 12.1 Å². The van der Waals surface area contributed by atoms with E-state index in [9.17, 15) is 4.79 Å². The van der Waals surface area contributed by atoms with Crippen LogP contribution >= 0.6 is 0 Å². The lowest BCUT2D eigenvalue weighted by Gasteiger charge is -2.07. The van der Waals surface area contributed by atoms with Crippen molar-refractivity contribution in [3.63, 3.8) is 0 Å². The zero-order valence-corrected chi connectivity index (χ0v) is 10.7. The van der Waals surface area contributed by atoms with Crippen molar-refractivity contribution in [1.82, 2.24) is 9.88 Å². The molecule has 1 aromatic heterocycles. The second kappa shape index (κ2) is 4.34. The van der Waals surface area contributed by atoms with Gasteiger partial charge in [0, 0.05) is 29.7 Å². The first-order valence-electron chi connectivity index (χ1n) is 5.81. The molecule has 0 amide bonds. The number of aryl methyl sites for hydroxylation is 2. The summed E-state index contributed by atoms with van der Waals surface area (Å²) < 4.78 is 2.01. The fourth-order valence-corrected chi connectivity index (χ4v) is 2.05. The van der Waals surface area contributed by atoms with E-state index in [1.807, 2.05) is 36.9 Å². The van der Waals surface area contributed by atoms with Gasteiger partial charge in [-0.3, -0.25) is 4.79 Å². The highest BCUT2D eigenvalue weighted by atomic mass is 16.1. The molecule has 0 aliphatic carbocycles. The second-order valence-corrected chi connectivity index (χ2v) is 4.55. The van der Waals surface area contributed by atoms with E-state index in [4.69, 9.17) is 0 Å². The maximum Gasteiger partial charge on any atom is 0.181 e. The Morgan fingerprint density at radius 1 is 1.41 bits per heavy atom. The van der Waals surface area contributed by atoms with E-state index >= 15 is 0 Å². The van der Waals surface area contributed by atoms with Crippen LogP contribution in [-0.4, -0.2) is 23.4 Å². The highest BCUT2D eigenvalue weighted by Gasteiger charge is 2.18. The van der Waals surface area contributed by atoms with E-state index in [0.29, 0.717) is 0 Å². The van der Waals surface area contributed by atoms with Crippen LogP contribution in [0.5, 0.6) is 0 Å². The summed E-state index contributed by atoms with van der Waals surface area (Å²) >= 11 is 0. The minimum absolute atomic E-state index is 0.141. The summed E-state index contributed by atoms with van der Waals surface area (Å²) in [7, 11) is 3.78. The van der Waals surface area contributed by atoms with Crippen molar-refractivity contribution >= 4 is 16.7 Å². The highest BCUT2D eigenvalue weighted by molar-refractivity contribution is 6.10. The van der Waals surface area contributed by atoms with E-state index in [1.54, 1.807) is 7.05 Å². The number of likely N-dealkylation sites (N-methyl/N-ethyl adjacent to an activating group) is 1. The van der Waals surface area contributed by atoms with Crippen LogP contribution in [0.4, 0.5) is 0 Å². The minimum Gasteiger partial charge on any atom is -0.350 e. The van der Waals surface area contributed by atoms with Crippen molar-refractivity contribution in [1.29, 1.82) is 0 Å². The van der Waals surface area contributed by atoms with Crippen LogP contribution in [0, 0.1) is 6.92 Å². The molecule has 2 rings (SSSR count). The van der Waals surface area contributed by atoms with Crippen molar-refractivity contribution in [3.8, 4) is 0 Å². The Bertz CT molecular complexity index is 569. The van der Waals surface area contributed by atoms with Crippen LogP contribution in [0.15, 0.2) is 24.4 Å². The van der Waals surface area contributed by atoms with Crippen LogP contribution in [-0.2, 0) is 7.05 Å². The number of nitrogens with zero attached hydrogens (tertiary/aromatic N) is 1. The molecule has 17 heavy (non-hydrogen) atoms. The molecular weight excluding hydrogens is 212 g/mol. The van der Waals surface area contributed by atoms with Crippen molar-refractivity contribution < 1.29 is 4.79 Å². The van der Waals surface area contributed by atoms with E-state index in [0.717, 1.165) is 16.5 Å². The molecule has 90 valence electrons. The molecule has 0 aliphatic heterocycles. The fraction of sp³-hybridized carbons (Fsp3) is 0.357. The molecule has 0 aliphatic rings. The molecule has 0 saturated carbocycles. The number of nitrogens with one attached hydrogen (secondary N) is 1. The summed E-state index contributed by atoms with van der Waals surface area (Å²) in [5.41, 5.74) is 3.11. The lowest BCUT2D eigenvalue weighted by atomic mass is 10.0. The summed E-state index contributed by atoms with van der Waals surface area (Å²) in [6.45, 7) is 3.94. The van der Waals surface area contributed by atoms with Crippen molar-refractivity contribution in [2.24, 2.45) is 7.05 Å². The first-order chi connectivity index (χ1) is 8.04. The van der Waals surface area contributed by atoms with Gasteiger partial charge in [-0.25, -0.2) is 0 Å². The number of ketones is 1. The lowest BCUT2D eigenvalue weighted by Crippen LogP contribution is -2.30. The number of hydrogen-bond donors (Lipinski definition) is 1. The molecule has 1 N–H and O–H groups in total. The Kier molecular flexibility index (Phi) is 3.03. The Labute approximate surface area is 101 Å². The topological polar surface area (TPSA) is 34.0 Å². The molecule has 1 aromatic carbocycles. The molecule has 0 fully saturated rings. The standard InChI is InChI=1S/C14H18N2O/c1-9-5-6-11-12(14(17)10(2)15-3)8-16(4)13(11)7-9/h5-8,10,15H,1-4H3. The third kappa shape index (κ3) is 1.98. The van der Waals surface area contributed by atoms with Crippen LogP contribution in [0.1, 0.15) is 22.8 Å². The number of rotatable bonds is 3. The van der Waals surface area contributed by atoms with Crippen molar-refractivity contribution in [2.75, 3.05) is 7.05 Å². The Balaban J connectivity index is 2.60. The summed E-state index contributed by atoms with van der Waals surface area (Å²) in [5, 5.41) is 4.02. The Morgan fingerprint density at radius 2 is 2.12 bits per heavy atom. The first-order valence-corrected chi connectivity index (χ1v) is 5.81. The maximum atomic E-state index is 12.2. The van der Waals surface area contributed by atoms with Gasteiger partial charge < -0.3 is 9.88 Å². The van der Waals surface area contributed by atoms with E-state index in [-0.39, 0.29) is 11.8 Å². The van der Waals surface area contributed by atoms with Crippen LogP contribution in [0.25, 0.3) is 10.9 Å². The van der Waals surface area contributed by atoms with Gasteiger partial charge >= 0.3 is 0 Å². The highest BCUT2D eigenvalue weighted by Crippen LogP contribution is 2.22. The summed E-state index contributed by atoms with van der Waals surface area (Å²) in [5.74, 6) is 0.141. The number of hydrogen-bond acceptors (Lipinski definition) is 2. The van der Waals surface area contributed by atoms with Gasteiger partial charge in [0.2, 0.25) is 0 Å². The van der Waals surface area contributed by atoms with Crippen molar-refractivity contribution in [2.45, 2.75) is 19.9 Å². The normalized spacial score (nSPS) is 12.9. The largest absolute Gasteiger partial charge is 0.350 e. The third-order valence-corrected chi connectivity index (χ3v) is 3.24. The van der Waals surface area contributed by atoms with E-state index in [2.05, 4.69) is 18.3 Å². The molecule has 0 spiro atoms. The van der Waals surface area contributed by atoms with Gasteiger partial charge in [0.15, 0.2) is 5.78 Å². The zero-order chi connectivity index (χ0) is 12.6. The second-order valence-electron chi connectivity index (χ2n) is 4.55. The fourth-order valence-electron chi connectivity index (χ4n) is 2.05. The Hall–Kier alpha value is -1.61. The first kappa shape index (κ1) is 11.9. The van der Waals surface area contributed by atoms with Gasteiger partial charge in [-0.2, -0.15) is 0 Å². The maximum absolute atomic E-state index is 12.2. The molecule has 0 radical (unpaired) electrons. The SMILES string of the molecule is CNC(C)C(=O)c1cn(C)c2cc(C)ccc12. The number of fused-ring (bicyclic) bond motifs is 1. The van der Waals surface area contributed by atoms with Crippen LogP contribution in [0.2, 0.25) is 0 Å². The predicted molar refractivity (Wildman–Crippen MR) is 70.5 cm³/mol. The molecule has 3 heteroatoms. The average molecular weight is 230 g/mol. The van der Waals surface area contributed by atoms with Crippen LogP contribution < -0.4 is 5.32 Å². The predicted octanol–water partition coefficient (Wildman–Crippen LogP) is 2.28. The van der Waals surface area contributed by atoms with Gasteiger partial charge in [0.1, 0.15) is 0 Å². The monoisotopic (exact) mass is 230 g/mol. The number of carbonyl (C=O) groups excluding carboxylic acids is 1. The smallest absolute Gasteiger partial charge is 0.181 e. The zero-order valence-electron chi connectivity index (χ0n) is 10.7.